The number of hydrogen-bond donors (Lipinski definition) is 2. The molecule has 0 atom stereocenters. The first kappa shape index (κ1) is 16.6. The molecule has 5 aromatic rings. The Morgan fingerprint density at radius 3 is 2.68 bits per heavy atom. The number of H-pyrrole nitrogens is 1. The van der Waals surface area contributed by atoms with E-state index in [1.807, 2.05) is 41.1 Å². The van der Waals surface area contributed by atoms with Crippen LogP contribution >= 0.6 is 0 Å². The van der Waals surface area contributed by atoms with Crippen molar-refractivity contribution in [2.45, 2.75) is 6.61 Å². The van der Waals surface area contributed by atoms with E-state index in [1.54, 1.807) is 18.3 Å². The van der Waals surface area contributed by atoms with Crippen molar-refractivity contribution in [3.8, 4) is 22.4 Å². The van der Waals surface area contributed by atoms with Gasteiger partial charge in [0.2, 0.25) is 0 Å². The van der Waals surface area contributed by atoms with Gasteiger partial charge in [0.25, 0.3) is 0 Å². The molecule has 4 nitrogen and oxygen atoms in total. The molecule has 0 radical (unpaired) electrons. The monoisotopic (exact) mass is 375 g/mol. The van der Waals surface area contributed by atoms with Crippen LogP contribution in [0.2, 0.25) is 0 Å². The highest BCUT2D eigenvalue weighted by Gasteiger charge is 2.15. The second kappa shape index (κ2) is 6.28. The zero-order chi connectivity index (χ0) is 19.3. The largest absolute Gasteiger partial charge is 0.391 e. The van der Waals surface area contributed by atoms with Crippen molar-refractivity contribution in [1.82, 2.24) is 14.4 Å². The fourth-order valence-corrected chi connectivity index (χ4v) is 3.46. The number of benzene rings is 2. The fraction of sp³-hybridized carbons (Fsp3) is 0.0455. The SMILES string of the molecule is OCc1c(F)ccc(-c2ccc3nc(-c4ccc5cc[nH]c5c4)cn3c2)c1F. The van der Waals surface area contributed by atoms with E-state index in [4.69, 9.17) is 0 Å². The van der Waals surface area contributed by atoms with Crippen LogP contribution in [0.4, 0.5) is 8.78 Å². The van der Waals surface area contributed by atoms with Gasteiger partial charge in [-0.15, -0.1) is 0 Å². The van der Waals surface area contributed by atoms with Crippen molar-refractivity contribution in [3.05, 3.63) is 84.3 Å². The Bertz CT molecular complexity index is 1340. The number of halogens is 2. The second-order valence-electron chi connectivity index (χ2n) is 6.63. The number of aliphatic hydroxyl groups is 1. The summed E-state index contributed by atoms with van der Waals surface area (Å²) in [4.78, 5) is 7.82. The van der Waals surface area contributed by atoms with E-state index in [0.29, 0.717) is 5.56 Å². The Balaban J connectivity index is 1.61. The second-order valence-corrected chi connectivity index (χ2v) is 6.63. The Hall–Kier alpha value is -3.51. The maximum Gasteiger partial charge on any atom is 0.139 e. The van der Waals surface area contributed by atoms with Crippen LogP contribution in [0.1, 0.15) is 5.56 Å². The first-order chi connectivity index (χ1) is 13.6. The lowest BCUT2D eigenvalue weighted by molar-refractivity contribution is 0.269. The van der Waals surface area contributed by atoms with Gasteiger partial charge in [-0.3, -0.25) is 0 Å². The summed E-state index contributed by atoms with van der Waals surface area (Å²) in [7, 11) is 0. The summed E-state index contributed by atoms with van der Waals surface area (Å²) in [5.41, 5.74) is 3.98. The van der Waals surface area contributed by atoms with Gasteiger partial charge in [-0.05, 0) is 41.8 Å². The normalized spacial score (nSPS) is 11.5. The lowest BCUT2D eigenvalue weighted by Gasteiger charge is -2.08. The minimum absolute atomic E-state index is 0.232. The number of pyridine rings is 1. The third-order valence-corrected chi connectivity index (χ3v) is 4.96. The van der Waals surface area contributed by atoms with Crippen LogP contribution in [0.3, 0.4) is 0 Å². The highest BCUT2D eigenvalue weighted by molar-refractivity contribution is 5.84. The molecule has 28 heavy (non-hydrogen) atoms. The van der Waals surface area contributed by atoms with Crippen LogP contribution in [-0.4, -0.2) is 19.5 Å². The average Bonchev–Trinajstić information content (AvgIpc) is 3.34. The molecule has 0 aliphatic rings. The van der Waals surface area contributed by atoms with Crippen LogP contribution in [0.15, 0.2) is 67.1 Å². The number of fused-ring (bicyclic) bond motifs is 2. The number of imidazole rings is 1. The molecule has 3 aromatic heterocycles. The van der Waals surface area contributed by atoms with Crippen molar-refractivity contribution in [2.75, 3.05) is 0 Å². The Kier molecular flexibility index (Phi) is 3.74. The van der Waals surface area contributed by atoms with Crippen LogP contribution < -0.4 is 0 Å². The van der Waals surface area contributed by atoms with Crippen molar-refractivity contribution in [2.24, 2.45) is 0 Å². The van der Waals surface area contributed by atoms with Gasteiger partial charge in [-0.2, -0.15) is 0 Å². The molecule has 0 saturated carbocycles. The van der Waals surface area contributed by atoms with Gasteiger partial charge in [-0.1, -0.05) is 12.1 Å². The van der Waals surface area contributed by atoms with Gasteiger partial charge in [0.15, 0.2) is 0 Å². The van der Waals surface area contributed by atoms with E-state index in [0.717, 1.165) is 27.8 Å². The standard InChI is InChI=1S/C22H15F2N3O/c23-18-5-4-16(22(24)17(18)12-28)15-3-6-21-26-20(11-27(21)10-15)14-2-1-13-7-8-25-19(13)9-14/h1-11,25,28H,12H2. The lowest BCUT2D eigenvalue weighted by Crippen LogP contribution is -1.98. The average molecular weight is 375 g/mol. The van der Waals surface area contributed by atoms with E-state index in [-0.39, 0.29) is 11.1 Å². The molecule has 5 rings (SSSR count). The lowest BCUT2D eigenvalue weighted by atomic mass is 10.0. The first-order valence-electron chi connectivity index (χ1n) is 8.78. The molecule has 0 spiro atoms. The van der Waals surface area contributed by atoms with Crippen LogP contribution in [0, 0.1) is 11.6 Å². The van der Waals surface area contributed by atoms with Gasteiger partial charge < -0.3 is 14.5 Å². The summed E-state index contributed by atoms with van der Waals surface area (Å²) in [5, 5.41) is 10.4. The molecule has 0 aliphatic carbocycles. The molecule has 3 heterocycles. The number of nitrogens with one attached hydrogen (secondary N) is 1. The number of hydrogen-bond acceptors (Lipinski definition) is 2. The van der Waals surface area contributed by atoms with Gasteiger partial charge in [0.1, 0.15) is 17.3 Å². The molecule has 0 aliphatic heterocycles. The molecule has 0 saturated heterocycles. The van der Waals surface area contributed by atoms with Crippen LogP contribution in [0.25, 0.3) is 38.9 Å². The van der Waals surface area contributed by atoms with E-state index in [2.05, 4.69) is 9.97 Å². The van der Waals surface area contributed by atoms with Crippen molar-refractivity contribution >= 4 is 16.6 Å². The fourth-order valence-electron chi connectivity index (χ4n) is 3.46. The van der Waals surface area contributed by atoms with Crippen molar-refractivity contribution in [3.63, 3.8) is 0 Å². The molecular formula is C22H15F2N3O. The predicted molar refractivity (Wildman–Crippen MR) is 104 cm³/mol. The molecule has 0 amide bonds. The zero-order valence-electron chi connectivity index (χ0n) is 14.7. The highest BCUT2D eigenvalue weighted by atomic mass is 19.1. The van der Waals surface area contributed by atoms with Gasteiger partial charge in [-0.25, -0.2) is 13.8 Å². The number of aliphatic hydroxyl groups excluding tert-OH is 1. The molecule has 0 unspecified atom stereocenters. The quantitative estimate of drug-likeness (QED) is 0.470. The summed E-state index contributed by atoms with van der Waals surface area (Å²) >= 11 is 0. The van der Waals surface area contributed by atoms with E-state index < -0.39 is 18.2 Å². The van der Waals surface area contributed by atoms with Gasteiger partial charge in [0, 0.05) is 46.4 Å². The Labute approximate surface area is 158 Å². The topological polar surface area (TPSA) is 53.3 Å². The zero-order valence-corrected chi connectivity index (χ0v) is 14.7. The summed E-state index contributed by atoms with van der Waals surface area (Å²) in [6.07, 6.45) is 5.51. The first-order valence-corrected chi connectivity index (χ1v) is 8.78. The molecule has 0 fully saturated rings. The van der Waals surface area contributed by atoms with Crippen molar-refractivity contribution in [1.29, 1.82) is 0 Å². The predicted octanol–water partition coefficient (Wildman–Crippen LogP) is 4.92. The summed E-state index contributed by atoms with van der Waals surface area (Å²) in [6.45, 7) is -0.690. The summed E-state index contributed by atoms with van der Waals surface area (Å²) in [6, 6.07) is 14.1. The Morgan fingerprint density at radius 1 is 0.964 bits per heavy atom. The summed E-state index contributed by atoms with van der Waals surface area (Å²) in [5.74, 6) is -1.51. The maximum atomic E-state index is 14.6. The highest BCUT2D eigenvalue weighted by Crippen LogP contribution is 2.29. The third kappa shape index (κ3) is 2.58. The smallest absolute Gasteiger partial charge is 0.139 e. The molecule has 2 N–H and O–H groups in total. The number of nitrogens with zero attached hydrogens (tertiary/aromatic N) is 2. The number of rotatable bonds is 3. The van der Waals surface area contributed by atoms with Crippen LogP contribution in [-0.2, 0) is 6.61 Å². The Morgan fingerprint density at radius 2 is 1.82 bits per heavy atom. The molecular weight excluding hydrogens is 360 g/mol. The maximum absolute atomic E-state index is 14.6. The van der Waals surface area contributed by atoms with Crippen molar-refractivity contribution < 1.29 is 13.9 Å². The molecule has 138 valence electrons. The van der Waals surface area contributed by atoms with Gasteiger partial charge >= 0.3 is 0 Å². The van der Waals surface area contributed by atoms with E-state index in [1.165, 1.54) is 12.1 Å². The minimum Gasteiger partial charge on any atom is -0.391 e. The number of aromatic amines is 1. The summed E-state index contributed by atoms with van der Waals surface area (Å²) < 4.78 is 30.0. The van der Waals surface area contributed by atoms with Gasteiger partial charge in [0.05, 0.1) is 12.3 Å². The van der Waals surface area contributed by atoms with Crippen LogP contribution in [0.5, 0.6) is 0 Å². The number of aromatic nitrogens is 3. The minimum atomic E-state index is -0.755. The van der Waals surface area contributed by atoms with E-state index >= 15 is 0 Å². The molecule has 0 bridgehead atoms. The third-order valence-electron chi connectivity index (χ3n) is 4.96. The molecule has 6 heteroatoms. The molecule has 2 aromatic carbocycles. The van der Waals surface area contributed by atoms with E-state index in [9.17, 15) is 13.9 Å².